The number of hydrogen-bond donors (Lipinski definition) is 1. The molecular weight excluding hydrogens is 224 g/mol. The lowest BCUT2D eigenvalue weighted by Gasteiger charge is -2.15. The SMILES string of the molecule is Cn1nc2c(c1CN)CN(Cc1ccccc1)C2. The van der Waals surface area contributed by atoms with E-state index in [1.165, 1.54) is 22.5 Å². The normalized spacial score (nSPS) is 15.0. The summed E-state index contributed by atoms with van der Waals surface area (Å²) in [5, 5.41) is 4.55. The second-order valence-electron chi connectivity index (χ2n) is 4.83. The topological polar surface area (TPSA) is 47.1 Å². The summed E-state index contributed by atoms with van der Waals surface area (Å²) in [7, 11) is 1.97. The van der Waals surface area contributed by atoms with Gasteiger partial charge in [-0.3, -0.25) is 9.58 Å². The summed E-state index contributed by atoms with van der Waals surface area (Å²) < 4.78 is 1.92. The summed E-state index contributed by atoms with van der Waals surface area (Å²) in [5.41, 5.74) is 10.8. The number of nitrogens with two attached hydrogens (primary N) is 1. The van der Waals surface area contributed by atoms with Crippen LogP contribution in [0.25, 0.3) is 0 Å². The zero-order valence-corrected chi connectivity index (χ0v) is 10.6. The molecule has 0 unspecified atom stereocenters. The van der Waals surface area contributed by atoms with Gasteiger partial charge in [0.25, 0.3) is 0 Å². The highest BCUT2D eigenvalue weighted by molar-refractivity contribution is 5.30. The Morgan fingerprint density at radius 2 is 2.00 bits per heavy atom. The van der Waals surface area contributed by atoms with Crippen molar-refractivity contribution in [3.63, 3.8) is 0 Å². The molecule has 1 aromatic carbocycles. The minimum absolute atomic E-state index is 0.567. The lowest BCUT2D eigenvalue weighted by molar-refractivity contribution is 0.270. The molecule has 94 valence electrons. The second kappa shape index (κ2) is 4.55. The van der Waals surface area contributed by atoms with Crippen LogP contribution in [0.2, 0.25) is 0 Å². The zero-order valence-electron chi connectivity index (χ0n) is 10.6. The van der Waals surface area contributed by atoms with Crippen molar-refractivity contribution in [1.29, 1.82) is 0 Å². The van der Waals surface area contributed by atoms with E-state index in [9.17, 15) is 0 Å². The van der Waals surface area contributed by atoms with Gasteiger partial charge in [0.15, 0.2) is 0 Å². The summed E-state index contributed by atoms with van der Waals surface area (Å²) in [6, 6.07) is 10.6. The molecule has 0 saturated carbocycles. The number of hydrogen-bond acceptors (Lipinski definition) is 3. The molecule has 0 saturated heterocycles. The third-order valence-corrected chi connectivity index (χ3v) is 3.56. The van der Waals surface area contributed by atoms with Crippen LogP contribution in [-0.2, 0) is 33.2 Å². The first-order chi connectivity index (χ1) is 8.78. The van der Waals surface area contributed by atoms with Gasteiger partial charge in [0.1, 0.15) is 0 Å². The van der Waals surface area contributed by atoms with Gasteiger partial charge in [-0.15, -0.1) is 0 Å². The fourth-order valence-corrected chi connectivity index (χ4v) is 2.67. The van der Waals surface area contributed by atoms with Crippen molar-refractivity contribution in [2.45, 2.75) is 26.2 Å². The second-order valence-corrected chi connectivity index (χ2v) is 4.83. The van der Waals surface area contributed by atoms with E-state index < -0.39 is 0 Å². The third kappa shape index (κ3) is 1.94. The Hall–Kier alpha value is -1.65. The van der Waals surface area contributed by atoms with Crippen molar-refractivity contribution >= 4 is 0 Å². The quantitative estimate of drug-likeness (QED) is 0.885. The van der Waals surface area contributed by atoms with Crippen molar-refractivity contribution in [3.8, 4) is 0 Å². The van der Waals surface area contributed by atoms with E-state index in [0.717, 1.165) is 19.6 Å². The summed E-state index contributed by atoms with van der Waals surface area (Å²) in [6.45, 7) is 3.44. The van der Waals surface area contributed by atoms with Crippen LogP contribution in [0.5, 0.6) is 0 Å². The van der Waals surface area contributed by atoms with E-state index in [1.807, 2.05) is 11.7 Å². The standard InChI is InChI=1S/C14H18N4/c1-17-14(7-15)12-9-18(10-13(12)16-17)8-11-5-3-2-4-6-11/h2-6H,7-10,15H2,1H3. The number of nitrogens with zero attached hydrogens (tertiary/aromatic N) is 3. The number of aromatic nitrogens is 2. The van der Waals surface area contributed by atoms with Crippen molar-refractivity contribution in [2.24, 2.45) is 12.8 Å². The minimum atomic E-state index is 0.567. The number of benzene rings is 1. The van der Waals surface area contributed by atoms with Crippen molar-refractivity contribution < 1.29 is 0 Å². The van der Waals surface area contributed by atoms with Gasteiger partial charge in [0, 0.05) is 38.8 Å². The van der Waals surface area contributed by atoms with E-state index in [0.29, 0.717) is 6.54 Å². The smallest absolute Gasteiger partial charge is 0.0813 e. The van der Waals surface area contributed by atoms with Gasteiger partial charge in [-0.1, -0.05) is 30.3 Å². The van der Waals surface area contributed by atoms with Gasteiger partial charge in [-0.2, -0.15) is 5.10 Å². The van der Waals surface area contributed by atoms with E-state index in [-0.39, 0.29) is 0 Å². The van der Waals surface area contributed by atoms with E-state index in [2.05, 4.69) is 40.3 Å². The molecule has 1 aliphatic heterocycles. The van der Waals surface area contributed by atoms with Crippen LogP contribution in [0.15, 0.2) is 30.3 Å². The molecule has 4 heteroatoms. The van der Waals surface area contributed by atoms with Crippen LogP contribution in [0.3, 0.4) is 0 Å². The molecule has 0 bridgehead atoms. The molecule has 3 rings (SSSR count). The Balaban J connectivity index is 1.76. The summed E-state index contributed by atoms with van der Waals surface area (Å²) in [5.74, 6) is 0. The molecule has 1 aromatic heterocycles. The van der Waals surface area contributed by atoms with Crippen LogP contribution in [0.4, 0.5) is 0 Å². The summed E-state index contributed by atoms with van der Waals surface area (Å²) in [4.78, 5) is 2.41. The van der Waals surface area contributed by atoms with Crippen LogP contribution < -0.4 is 5.73 Å². The molecule has 0 spiro atoms. The highest BCUT2D eigenvalue weighted by Gasteiger charge is 2.25. The lowest BCUT2D eigenvalue weighted by Crippen LogP contribution is -2.18. The maximum absolute atomic E-state index is 5.79. The van der Waals surface area contributed by atoms with Crippen LogP contribution in [0, 0.1) is 0 Å². The molecule has 0 fully saturated rings. The lowest BCUT2D eigenvalue weighted by atomic mass is 10.2. The van der Waals surface area contributed by atoms with Crippen molar-refractivity contribution in [2.75, 3.05) is 0 Å². The zero-order chi connectivity index (χ0) is 12.5. The molecular formula is C14H18N4. The van der Waals surface area contributed by atoms with Crippen molar-refractivity contribution in [3.05, 3.63) is 52.8 Å². The highest BCUT2D eigenvalue weighted by atomic mass is 15.3. The predicted octanol–water partition coefficient (Wildman–Crippen LogP) is 1.39. The predicted molar refractivity (Wildman–Crippen MR) is 70.5 cm³/mol. The molecule has 18 heavy (non-hydrogen) atoms. The average Bonchev–Trinajstić information content (AvgIpc) is 2.86. The number of aryl methyl sites for hydroxylation is 1. The van der Waals surface area contributed by atoms with Gasteiger partial charge in [0.05, 0.1) is 11.4 Å². The summed E-state index contributed by atoms with van der Waals surface area (Å²) >= 11 is 0. The van der Waals surface area contributed by atoms with E-state index in [4.69, 9.17) is 5.73 Å². The Kier molecular flexibility index (Phi) is 2.89. The molecule has 4 nitrogen and oxygen atoms in total. The van der Waals surface area contributed by atoms with Crippen LogP contribution >= 0.6 is 0 Å². The molecule has 0 atom stereocenters. The Morgan fingerprint density at radius 3 is 2.72 bits per heavy atom. The van der Waals surface area contributed by atoms with Crippen molar-refractivity contribution in [1.82, 2.24) is 14.7 Å². The van der Waals surface area contributed by atoms with E-state index >= 15 is 0 Å². The molecule has 0 radical (unpaired) electrons. The summed E-state index contributed by atoms with van der Waals surface area (Å²) in [6.07, 6.45) is 0. The van der Waals surface area contributed by atoms with Gasteiger partial charge in [-0.05, 0) is 5.56 Å². The first-order valence-corrected chi connectivity index (χ1v) is 6.28. The van der Waals surface area contributed by atoms with Gasteiger partial charge >= 0.3 is 0 Å². The molecule has 2 aromatic rings. The Morgan fingerprint density at radius 1 is 1.22 bits per heavy atom. The fourth-order valence-electron chi connectivity index (χ4n) is 2.67. The number of rotatable bonds is 3. The number of fused-ring (bicyclic) bond motifs is 1. The molecule has 1 aliphatic rings. The average molecular weight is 242 g/mol. The first kappa shape index (κ1) is 11.4. The van der Waals surface area contributed by atoms with Gasteiger partial charge < -0.3 is 5.73 Å². The Bertz CT molecular complexity index is 544. The van der Waals surface area contributed by atoms with Crippen LogP contribution in [-0.4, -0.2) is 14.7 Å². The van der Waals surface area contributed by atoms with Crippen LogP contribution in [0.1, 0.15) is 22.5 Å². The molecule has 2 heterocycles. The maximum atomic E-state index is 5.79. The Labute approximate surface area is 107 Å². The van der Waals surface area contributed by atoms with Gasteiger partial charge in [-0.25, -0.2) is 0 Å². The minimum Gasteiger partial charge on any atom is -0.325 e. The molecule has 2 N–H and O–H groups in total. The third-order valence-electron chi connectivity index (χ3n) is 3.56. The molecule has 0 aliphatic carbocycles. The van der Waals surface area contributed by atoms with Gasteiger partial charge in [0.2, 0.25) is 0 Å². The van der Waals surface area contributed by atoms with E-state index in [1.54, 1.807) is 0 Å². The molecule has 0 amide bonds. The monoisotopic (exact) mass is 242 g/mol. The highest BCUT2D eigenvalue weighted by Crippen LogP contribution is 2.26. The largest absolute Gasteiger partial charge is 0.325 e. The maximum Gasteiger partial charge on any atom is 0.0813 e. The first-order valence-electron chi connectivity index (χ1n) is 6.28. The fraction of sp³-hybridized carbons (Fsp3) is 0.357.